The van der Waals surface area contributed by atoms with Crippen LogP contribution in [0.1, 0.15) is 20.8 Å². The van der Waals surface area contributed by atoms with Gasteiger partial charge in [0.15, 0.2) is 0 Å². The van der Waals surface area contributed by atoms with Gasteiger partial charge in [0.1, 0.15) is 0 Å². The van der Waals surface area contributed by atoms with E-state index < -0.39 is 18.3 Å². The standard InChI is InChI=1S/C11H23NO3SSi/c1-6-17(7-2,8-3)15-10(4)11-9-12(11)16(5,13)14/h11H,4,6-9H2,1-3,5H3/t11-,12?/m1/s1. The number of hydrogen-bond acceptors (Lipinski definition) is 3. The molecule has 6 heteroatoms. The first-order valence-electron chi connectivity index (χ1n) is 6.14. The largest absolute Gasteiger partial charge is 0.546 e. The van der Waals surface area contributed by atoms with Crippen molar-refractivity contribution in [1.82, 2.24) is 4.31 Å². The zero-order chi connectivity index (χ0) is 13.3. The van der Waals surface area contributed by atoms with E-state index in [2.05, 4.69) is 27.4 Å². The molecule has 1 aliphatic heterocycles. The summed E-state index contributed by atoms with van der Waals surface area (Å²) in [6, 6.07) is 3.02. The molecule has 0 amide bonds. The first-order valence-corrected chi connectivity index (χ1v) is 10.5. The summed E-state index contributed by atoms with van der Waals surface area (Å²) in [4.78, 5) is 0. The second kappa shape index (κ2) is 5.12. The third kappa shape index (κ3) is 3.32. The molecule has 0 saturated carbocycles. The van der Waals surface area contributed by atoms with Crippen molar-refractivity contribution >= 4 is 18.3 Å². The van der Waals surface area contributed by atoms with Crippen LogP contribution in [0.5, 0.6) is 0 Å². The van der Waals surface area contributed by atoms with Gasteiger partial charge in [-0.25, -0.2) is 8.42 Å². The normalized spacial score (nSPS) is 24.5. The molecule has 0 bridgehead atoms. The van der Waals surface area contributed by atoms with Crippen molar-refractivity contribution in [2.75, 3.05) is 12.8 Å². The lowest BCUT2D eigenvalue weighted by molar-refractivity contribution is 0.384. The van der Waals surface area contributed by atoms with Gasteiger partial charge in [-0.1, -0.05) is 27.4 Å². The second-order valence-electron chi connectivity index (χ2n) is 4.66. The summed E-state index contributed by atoms with van der Waals surface area (Å²) in [6.07, 6.45) is 1.23. The van der Waals surface area contributed by atoms with Crippen LogP contribution in [-0.2, 0) is 14.4 Å². The van der Waals surface area contributed by atoms with Gasteiger partial charge < -0.3 is 4.43 Å². The molecule has 0 radical (unpaired) electrons. The summed E-state index contributed by atoms with van der Waals surface area (Å²) in [5.74, 6) is 0.646. The SMILES string of the molecule is C=C(O[Si](CC)(CC)CC)[C@H]1CN1S(C)(=O)=O. The summed E-state index contributed by atoms with van der Waals surface area (Å²) < 4.78 is 30.1. The van der Waals surface area contributed by atoms with E-state index in [4.69, 9.17) is 4.43 Å². The predicted octanol–water partition coefficient (Wildman–Crippen LogP) is 2.17. The smallest absolute Gasteiger partial charge is 0.250 e. The highest BCUT2D eigenvalue weighted by molar-refractivity contribution is 7.88. The molecule has 1 heterocycles. The molecule has 0 aromatic rings. The van der Waals surface area contributed by atoms with Crippen LogP contribution >= 0.6 is 0 Å². The molecule has 0 aliphatic carbocycles. The molecule has 0 aromatic carbocycles. The van der Waals surface area contributed by atoms with Gasteiger partial charge in [0.05, 0.1) is 18.1 Å². The Morgan fingerprint density at radius 3 is 2.12 bits per heavy atom. The van der Waals surface area contributed by atoms with Gasteiger partial charge >= 0.3 is 0 Å². The molecule has 0 aromatic heterocycles. The molecule has 2 atom stereocenters. The van der Waals surface area contributed by atoms with Crippen LogP contribution in [0.2, 0.25) is 18.1 Å². The van der Waals surface area contributed by atoms with Crippen molar-refractivity contribution in [3.63, 3.8) is 0 Å². The quantitative estimate of drug-likeness (QED) is 0.407. The van der Waals surface area contributed by atoms with Crippen LogP contribution in [0.3, 0.4) is 0 Å². The van der Waals surface area contributed by atoms with E-state index in [0.717, 1.165) is 18.1 Å². The van der Waals surface area contributed by atoms with Crippen molar-refractivity contribution in [3.05, 3.63) is 12.3 Å². The first-order chi connectivity index (χ1) is 7.79. The minimum atomic E-state index is -3.09. The molecule has 100 valence electrons. The van der Waals surface area contributed by atoms with Gasteiger partial charge in [0.25, 0.3) is 0 Å². The van der Waals surface area contributed by atoms with Crippen molar-refractivity contribution < 1.29 is 12.8 Å². The fraction of sp³-hybridized carbons (Fsp3) is 0.818. The van der Waals surface area contributed by atoms with Crippen molar-refractivity contribution in [2.24, 2.45) is 0 Å². The Morgan fingerprint density at radius 1 is 1.35 bits per heavy atom. The number of nitrogens with zero attached hydrogens (tertiary/aromatic N) is 1. The summed E-state index contributed by atoms with van der Waals surface area (Å²) in [7, 11) is -4.80. The van der Waals surface area contributed by atoms with Crippen LogP contribution in [0, 0.1) is 0 Å². The minimum Gasteiger partial charge on any atom is -0.546 e. The summed E-state index contributed by atoms with van der Waals surface area (Å²) in [5.41, 5.74) is 0. The Labute approximate surface area is 106 Å². The fourth-order valence-corrected chi connectivity index (χ4v) is 5.68. The number of rotatable bonds is 7. The molecule has 17 heavy (non-hydrogen) atoms. The maximum atomic E-state index is 11.3. The van der Waals surface area contributed by atoms with E-state index in [-0.39, 0.29) is 6.04 Å². The molecule has 1 rings (SSSR count). The van der Waals surface area contributed by atoms with E-state index in [1.807, 2.05) is 0 Å². The van der Waals surface area contributed by atoms with E-state index >= 15 is 0 Å². The van der Waals surface area contributed by atoms with Gasteiger partial charge in [0.2, 0.25) is 18.3 Å². The summed E-state index contributed by atoms with van der Waals surface area (Å²) in [6.45, 7) is 10.9. The Bertz CT molecular complexity index is 381. The average Bonchev–Trinajstić information content (AvgIpc) is 3.05. The van der Waals surface area contributed by atoms with Crippen LogP contribution < -0.4 is 0 Å². The third-order valence-corrected chi connectivity index (χ3v) is 9.46. The highest BCUT2D eigenvalue weighted by Gasteiger charge is 2.46. The van der Waals surface area contributed by atoms with E-state index in [0.29, 0.717) is 12.3 Å². The summed E-state index contributed by atoms with van der Waals surface area (Å²) in [5, 5.41) is 0. The molecule has 0 spiro atoms. The zero-order valence-electron chi connectivity index (χ0n) is 11.2. The van der Waals surface area contributed by atoms with E-state index in [9.17, 15) is 8.42 Å². The Hall–Kier alpha value is -0.333. The number of sulfonamides is 1. The van der Waals surface area contributed by atoms with E-state index in [1.165, 1.54) is 10.6 Å². The zero-order valence-corrected chi connectivity index (χ0v) is 13.0. The van der Waals surface area contributed by atoms with Gasteiger partial charge in [-0.15, -0.1) is 0 Å². The third-order valence-electron chi connectivity index (χ3n) is 3.65. The van der Waals surface area contributed by atoms with Crippen molar-refractivity contribution in [1.29, 1.82) is 0 Å². The van der Waals surface area contributed by atoms with Crippen molar-refractivity contribution in [2.45, 2.75) is 44.9 Å². The molecule has 1 saturated heterocycles. The van der Waals surface area contributed by atoms with Gasteiger partial charge in [-0.3, -0.25) is 0 Å². The maximum absolute atomic E-state index is 11.3. The van der Waals surface area contributed by atoms with Crippen LogP contribution in [0.15, 0.2) is 12.3 Å². The first kappa shape index (κ1) is 14.7. The average molecular weight is 277 g/mol. The van der Waals surface area contributed by atoms with Crippen LogP contribution in [-0.4, -0.2) is 39.9 Å². The van der Waals surface area contributed by atoms with Crippen LogP contribution in [0.4, 0.5) is 0 Å². The van der Waals surface area contributed by atoms with Crippen LogP contribution in [0.25, 0.3) is 0 Å². The van der Waals surface area contributed by atoms with E-state index in [1.54, 1.807) is 0 Å². The highest BCUT2D eigenvalue weighted by atomic mass is 32.2. The van der Waals surface area contributed by atoms with Gasteiger partial charge in [0, 0.05) is 6.54 Å². The molecule has 0 N–H and O–H groups in total. The molecule has 1 unspecified atom stereocenters. The second-order valence-corrected chi connectivity index (χ2v) is 11.3. The monoisotopic (exact) mass is 277 g/mol. The molecule has 1 fully saturated rings. The Morgan fingerprint density at radius 2 is 1.82 bits per heavy atom. The Balaban J connectivity index is 2.63. The highest BCUT2D eigenvalue weighted by Crippen LogP contribution is 2.33. The van der Waals surface area contributed by atoms with Gasteiger partial charge in [-0.05, 0) is 18.1 Å². The Kier molecular flexibility index (Phi) is 4.43. The molecular weight excluding hydrogens is 254 g/mol. The lowest BCUT2D eigenvalue weighted by atomic mass is 10.4. The molecule has 1 aliphatic rings. The lowest BCUT2D eigenvalue weighted by Crippen LogP contribution is -2.36. The maximum Gasteiger partial charge on any atom is 0.250 e. The predicted molar refractivity (Wildman–Crippen MR) is 72.8 cm³/mol. The topological polar surface area (TPSA) is 46.4 Å². The van der Waals surface area contributed by atoms with Crippen molar-refractivity contribution in [3.8, 4) is 0 Å². The molecule has 4 nitrogen and oxygen atoms in total. The lowest BCUT2D eigenvalue weighted by Gasteiger charge is -2.30. The molecular formula is C11H23NO3SSi. The minimum absolute atomic E-state index is 0.124. The van der Waals surface area contributed by atoms with Gasteiger partial charge in [-0.2, -0.15) is 4.31 Å². The summed E-state index contributed by atoms with van der Waals surface area (Å²) >= 11 is 0. The number of hydrogen-bond donors (Lipinski definition) is 0. The fourth-order valence-electron chi connectivity index (χ4n) is 2.06.